The third-order valence-corrected chi connectivity index (χ3v) is 5.65. The van der Waals surface area contributed by atoms with E-state index in [9.17, 15) is 4.79 Å². The van der Waals surface area contributed by atoms with E-state index in [4.69, 9.17) is 5.73 Å². The normalized spacial score (nSPS) is 19.3. The number of carbonyl (C=O) groups excluding carboxylic acids is 1. The Bertz CT molecular complexity index is 258. The molecule has 0 unspecified atom stereocenters. The summed E-state index contributed by atoms with van der Waals surface area (Å²) in [5.74, 6) is 0.0165. The second-order valence-corrected chi connectivity index (χ2v) is 6.41. The first-order valence-electron chi connectivity index (χ1n) is 6.64. The SMILES string of the molecule is CCC(N)(CC)C(=O)NCC1(SC)CCCC1. The maximum Gasteiger partial charge on any atom is 0.240 e. The van der Waals surface area contributed by atoms with E-state index in [0.717, 1.165) is 6.54 Å². The minimum atomic E-state index is -0.682. The van der Waals surface area contributed by atoms with Gasteiger partial charge in [0.05, 0.1) is 5.54 Å². The van der Waals surface area contributed by atoms with E-state index in [2.05, 4.69) is 11.6 Å². The average molecular weight is 258 g/mol. The molecular weight excluding hydrogens is 232 g/mol. The summed E-state index contributed by atoms with van der Waals surface area (Å²) < 4.78 is 0.262. The highest BCUT2D eigenvalue weighted by atomic mass is 32.2. The molecule has 0 radical (unpaired) electrons. The molecule has 0 aliphatic heterocycles. The third kappa shape index (κ3) is 3.38. The minimum Gasteiger partial charge on any atom is -0.353 e. The summed E-state index contributed by atoms with van der Waals surface area (Å²) in [5.41, 5.74) is 5.41. The Morgan fingerprint density at radius 2 is 1.88 bits per heavy atom. The highest BCUT2D eigenvalue weighted by Gasteiger charge is 2.36. The second kappa shape index (κ2) is 6.10. The Balaban J connectivity index is 2.52. The van der Waals surface area contributed by atoms with Crippen molar-refractivity contribution in [1.82, 2.24) is 5.32 Å². The van der Waals surface area contributed by atoms with Crippen LogP contribution in [0.25, 0.3) is 0 Å². The smallest absolute Gasteiger partial charge is 0.240 e. The van der Waals surface area contributed by atoms with Crippen LogP contribution >= 0.6 is 11.8 Å². The molecule has 4 heteroatoms. The number of thioether (sulfide) groups is 1. The Kier molecular flexibility index (Phi) is 5.32. The lowest BCUT2D eigenvalue weighted by molar-refractivity contribution is -0.126. The maximum atomic E-state index is 12.1. The predicted octanol–water partition coefficient (Wildman–Crippen LogP) is 2.30. The Labute approximate surface area is 109 Å². The van der Waals surface area contributed by atoms with Crippen LogP contribution in [-0.2, 0) is 4.79 Å². The number of rotatable bonds is 6. The number of hydrogen-bond donors (Lipinski definition) is 2. The van der Waals surface area contributed by atoms with Gasteiger partial charge < -0.3 is 11.1 Å². The van der Waals surface area contributed by atoms with Gasteiger partial charge in [-0.2, -0.15) is 11.8 Å². The molecule has 0 atom stereocenters. The van der Waals surface area contributed by atoms with Crippen molar-refractivity contribution in [2.45, 2.75) is 62.7 Å². The van der Waals surface area contributed by atoms with Crippen molar-refractivity contribution in [3.8, 4) is 0 Å². The minimum absolute atomic E-state index is 0.0165. The van der Waals surface area contributed by atoms with Gasteiger partial charge in [-0.3, -0.25) is 4.79 Å². The van der Waals surface area contributed by atoms with Gasteiger partial charge in [-0.05, 0) is 31.9 Å². The van der Waals surface area contributed by atoms with Crippen molar-refractivity contribution in [1.29, 1.82) is 0 Å². The fraction of sp³-hybridized carbons (Fsp3) is 0.923. The highest BCUT2D eigenvalue weighted by molar-refractivity contribution is 8.00. The molecule has 0 aromatic heterocycles. The van der Waals surface area contributed by atoms with E-state index in [-0.39, 0.29) is 10.7 Å². The van der Waals surface area contributed by atoms with Gasteiger partial charge >= 0.3 is 0 Å². The zero-order chi connectivity index (χ0) is 12.9. The molecule has 17 heavy (non-hydrogen) atoms. The standard InChI is InChI=1S/C13H26N2OS/c1-4-13(14,5-2)11(16)15-10-12(17-3)8-6-7-9-12/h4-10,14H2,1-3H3,(H,15,16). The molecule has 1 amide bonds. The van der Waals surface area contributed by atoms with Gasteiger partial charge in [-0.25, -0.2) is 0 Å². The molecule has 3 N–H and O–H groups in total. The second-order valence-electron chi connectivity index (χ2n) is 5.14. The summed E-state index contributed by atoms with van der Waals surface area (Å²) in [4.78, 5) is 12.1. The molecule has 1 rings (SSSR count). The van der Waals surface area contributed by atoms with Crippen LogP contribution in [0.4, 0.5) is 0 Å². The Hall–Kier alpha value is -0.220. The fourth-order valence-electron chi connectivity index (χ4n) is 2.46. The van der Waals surface area contributed by atoms with Crippen LogP contribution in [0, 0.1) is 0 Å². The monoisotopic (exact) mass is 258 g/mol. The average Bonchev–Trinajstić information content (AvgIpc) is 2.84. The largest absolute Gasteiger partial charge is 0.353 e. The topological polar surface area (TPSA) is 55.1 Å². The molecular formula is C13H26N2OS. The van der Waals surface area contributed by atoms with E-state index in [1.165, 1.54) is 25.7 Å². The lowest BCUT2D eigenvalue weighted by Crippen LogP contribution is -2.55. The summed E-state index contributed by atoms with van der Waals surface area (Å²) >= 11 is 1.89. The lowest BCUT2D eigenvalue weighted by Gasteiger charge is -2.31. The van der Waals surface area contributed by atoms with E-state index in [0.29, 0.717) is 12.8 Å². The first-order chi connectivity index (χ1) is 8.02. The number of nitrogens with one attached hydrogen (secondary N) is 1. The number of carbonyl (C=O) groups is 1. The Morgan fingerprint density at radius 3 is 2.29 bits per heavy atom. The first kappa shape index (κ1) is 14.8. The first-order valence-corrected chi connectivity index (χ1v) is 7.87. The van der Waals surface area contributed by atoms with Crippen LogP contribution < -0.4 is 11.1 Å². The van der Waals surface area contributed by atoms with E-state index in [1.54, 1.807) is 0 Å². The van der Waals surface area contributed by atoms with Crippen molar-refractivity contribution >= 4 is 17.7 Å². The van der Waals surface area contributed by atoms with Gasteiger partial charge in [0.2, 0.25) is 5.91 Å². The molecule has 0 heterocycles. The van der Waals surface area contributed by atoms with Crippen molar-refractivity contribution in [3.63, 3.8) is 0 Å². The molecule has 3 nitrogen and oxygen atoms in total. The summed E-state index contributed by atoms with van der Waals surface area (Å²) in [7, 11) is 0. The molecule has 1 saturated carbocycles. The number of hydrogen-bond acceptors (Lipinski definition) is 3. The summed E-state index contributed by atoms with van der Waals surface area (Å²) in [5, 5.41) is 3.07. The Morgan fingerprint density at radius 1 is 1.35 bits per heavy atom. The number of nitrogens with two attached hydrogens (primary N) is 1. The van der Waals surface area contributed by atoms with Gasteiger partial charge in [-0.1, -0.05) is 26.7 Å². The van der Waals surface area contributed by atoms with Crippen LogP contribution in [-0.4, -0.2) is 29.0 Å². The van der Waals surface area contributed by atoms with E-state index < -0.39 is 5.54 Å². The molecule has 1 aliphatic rings. The molecule has 0 aromatic carbocycles. The van der Waals surface area contributed by atoms with Gasteiger partial charge in [0.15, 0.2) is 0 Å². The predicted molar refractivity (Wildman–Crippen MR) is 75.2 cm³/mol. The third-order valence-electron chi connectivity index (χ3n) is 4.23. The van der Waals surface area contributed by atoms with Crippen LogP contribution in [0.5, 0.6) is 0 Å². The summed E-state index contributed by atoms with van der Waals surface area (Å²) in [6, 6.07) is 0. The summed E-state index contributed by atoms with van der Waals surface area (Å²) in [6.45, 7) is 4.72. The van der Waals surface area contributed by atoms with Crippen LogP contribution in [0.1, 0.15) is 52.4 Å². The van der Waals surface area contributed by atoms with Crippen molar-refractivity contribution in [2.24, 2.45) is 5.73 Å². The molecule has 100 valence electrons. The van der Waals surface area contributed by atoms with Crippen LogP contribution in [0.15, 0.2) is 0 Å². The molecule has 0 spiro atoms. The quantitative estimate of drug-likeness (QED) is 0.768. The molecule has 1 aliphatic carbocycles. The van der Waals surface area contributed by atoms with E-state index in [1.807, 2.05) is 25.6 Å². The van der Waals surface area contributed by atoms with E-state index >= 15 is 0 Å². The molecule has 0 bridgehead atoms. The van der Waals surface area contributed by atoms with Gasteiger partial charge in [0.1, 0.15) is 0 Å². The van der Waals surface area contributed by atoms with Gasteiger partial charge in [0.25, 0.3) is 0 Å². The van der Waals surface area contributed by atoms with Gasteiger partial charge in [0, 0.05) is 11.3 Å². The molecule has 1 fully saturated rings. The number of amides is 1. The van der Waals surface area contributed by atoms with Crippen molar-refractivity contribution < 1.29 is 4.79 Å². The summed E-state index contributed by atoms with van der Waals surface area (Å²) in [6.07, 6.45) is 8.53. The van der Waals surface area contributed by atoms with Gasteiger partial charge in [-0.15, -0.1) is 0 Å². The zero-order valence-electron chi connectivity index (χ0n) is 11.3. The molecule has 0 saturated heterocycles. The van der Waals surface area contributed by atoms with Crippen LogP contribution in [0.3, 0.4) is 0 Å². The maximum absolute atomic E-state index is 12.1. The lowest BCUT2D eigenvalue weighted by atomic mass is 9.93. The van der Waals surface area contributed by atoms with Crippen molar-refractivity contribution in [3.05, 3.63) is 0 Å². The molecule has 0 aromatic rings. The van der Waals surface area contributed by atoms with Crippen LogP contribution in [0.2, 0.25) is 0 Å². The zero-order valence-corrected chi connectivity index (χ0v) is 12.2. The fourth-order valence-corrected chi connectivity index (χ4v) is 3.37. The highest BCUT2D eigenvalue weighted by Crippen LogP contribution is 2.39. The van der Waals surface area contributed by atoms with Crippen molar-refractivity contribution in [2.75, 3.05) is 12.8 Å².